The topological polar surface area (TPSA) is 92.9 Å². The smallest absolute Gasteiger partial charge is 0.303 e. The van der Waals surface area contributed by atoms with Gasteiger partial charge in [-0.25, -0.2) is 4.98 Å². The molecular weight excluding hydrogens is 270 g/mol. The zero-order valence-corrected chi connectivity index (χ0v) is 11.2. The maximum Gasteiger partial charge on any atom is 0.303 e. The van der Waals surface area contributed by atoms with E-state index in [0.29, 0.717) is 29.9 Å². The second-order valence-corrected chi connectivity index (χ2v) is 4.39. The van der Waals surface area contributed by atoms with Gasteiger partial charge in [-0.15, -0.1) is 0 Å². The maximum absolute atomic E-state index is 10.4. The van der Waals surface area contributed by atoms with Gasteiger partial charge in [0.05, 0.1) is 6.33 Å². The molecule has 2 aromatic rings. The summed E-state index contributed by atoms with van der Waals surface area (Å²) in [7, 11) is 1.74. The summed E-state index contributed by atoms with van der Waals surface area (Å²) < 4.78 is 1.85. The molecule has 2 N–H and O–H groups in total. The van der Waals surface area contributed by atoms with Crippen LogP contribution in [-0.2, 0) is 11.3 Å². The van der Waals surface area contributed by atoms with E-state index >= 15 is 0 Å². The van der Waals surface area contributed by atoms with Crippen LogP contribution in [0.1, 0.15) is 19.3 Å². The number of nitrogens with one attached hydrogen (secondary N) is 1. The lowest BCUT2D eigenvalue weighted by molar-refractivity contribution is -0.137. The van der Waals surface area contributed by atoms with Crippen molar-refractivity contribution in [1.29, 1.82) is 0 Å². The lowest BCUT2D eigenvalue weighted by Crippen LogP contribution is -2.02. The van der Waals surface area contributed by atoms with Gasteiger partial charge in [0.15, 0.2) is 17.0 Å². The molecule has 8 heteroatoms. The molecule has 2 aromatic heterocycles. The number of fused-ring (bicyclic) bond motifs is 1. The molecule has 0 saturated heterocycles. The summed E-state index contributed by atoms with van der Waals surface area (Å²) in [5.41, 5.74) is 1.31. The van der Waals surface area contributed by atoms with Gasteiger partial charge in [-0.2, -0.15) is 9.97 Å². The zero-order chi connectivity index (χ0) is 13.8. The van der Waals surface area contributed by atoms with Crippen LogP contribution in [0.5, 0.6) is 0 Å². The Balaban J connectivity index is 2.15. The van der Waals surface area contributed by atoms with Gasteiger partial charge in [-0.3, -0.25) is 4.79 Å². The molecule has 0 amide bonds. The number of hydrogen-bond donors (Lipinski definition) is 2. The minimum Gasteiger partial charge on any atom is -0.481 e. The van der Waals surface area contributed by atoms with E-state index in [4.69, 9.17) is 16.7 Å². The summed E-state index contributed by atoms with van der Waals surface area (Å²) >= 11 is 5.85. The number of carbonyl (C=O) groups is 1. The van der Waals surface area contributed by atoms with Gasteiger partial charge in [0.1, 0.15) is 0 Å². The summed E-state index contributed by atoms with van der Waals surface area (Å²) in [6, 6.07) is 0. The second-order valence-electron chi connectivity index (χ2n) is 4.05. The highest BCUT2D eigenvalue weighted by Gasteiger charge is 2.11. The zero-order valence-electron chi connectivity index (χ0n) is 10.4. The van der Waals surface area contributed by atoms with Gasteiger partial charge < -0.3 is 15.0 Å². The highest BCUT2D eigenvalue weighted by atomic mass is 35.5. The van der Waals surface area contributed by atoms with E-state index in [2.05, 4.69) is 20.3 Å². The predicted octanol–water partition coefficient (Wildman–Crippen LogP) is 1.78. The average molecular weight is 284 g/mol. The molecule has 2 heterocycles. The summed E-state index contributed by atoms with van der Waals surface area (Å²) in [6.45, 7) is 0.653. The number of hydrogen-bond acceptors (Lipinski definition) is 5. The first-order chi connectivity index (χ1) is 9.11. The molecule has 0 spiro atoms. The van der Waals surface area contributed by atoms with Crippen molar-refractivity contribution in [3.8, 4) is 0 Å². The van der Waals surface area contributed by atoms with E-state index in [9.17, 15) is 4.79 Å². The van der Waals surface area contributed by atoms with E-state index in [1.807, 2.05) is 4.57 Å². The van der Waals surface area contributed by atoms with Crippen LogP contribution < -0.4 is 5.32 Å². The van der Waals surface area contributed by atoms with Gasteiger partial charge in [0.25, 0.3) is 0 Å². The number of aromatic nitrogens is 4. The van der Waals surface area contributed by atoms with Crippen LogP contribution >= 0.6 is 11.6 Å². The third kappa shape index (κ3) is 3.11. The lowest BCUT2D eigenvalue weighted by Gasteiger charge is -2.04. The fraction of sp³-hybridized carbons (Fsp3) is 0.455. The monoisotopic (exact) mass is 283 g/mol. The summed E-state index contributed by atoms with van der Waals surface area (Å²) in [4.78, 5) is 22.9. The van der Waals surface area contributed by atoms with Crippen LogP contribution in [0, 0.1) is 0 Å². The molecule has 0 aromatic carbocycles. The van der Waals surface area contributed by atoms with Gasteiger partial charge in [-0.1, -0.05) is 0 Å². The van der Waals surface area contributed by atoms with Crippen molar-refractivity contribution in [2.45, 2.75) is 25.8 Å². The number of carboxylic acids is 1. The van der Waals surface area contributed by atoms with Crippen LogP contribution in [0.2, 0.25) is 5.28 Å². The van der Waals surface area contributed by atoms with E-state index in [1.165, 1.54) is 0 Å². The molecule has 0 unspecified atom stereocenters. The molecule has 0 aliphatic rings. The number of aliphatic carboxylic acids is 1. The summed E-state index contributed by atoms with van der Waals surface area (Å²) in [6.07, 6.45) is 3.20. The third-order valence-corrected chi connectivity index (χ3v) is 2.88. The fourth-order valence-corrected chi connectivity index (χ4v) is 1.98. The number of unbranched alkanes of at least 4 members (excludes halogenated alkanes) is 1. The first-order valence-corrected chi connectivity index (χ1v) is 6.27. The van der Waals surface area contributed by atoms with E-state index in [1.54, 1.807) is 13.4 Å². The number of aryl methyl sites for hydroxylation is 1. The minimum atomic E-state index is -0.779. The van der Waals surface area contributed by atoms with Crippen LogP contribution in [0.3, 0.4) is 0 Å². The molecule has 0 aliphatic heterocycles. The van der Waals surface area contributed by atoms with E-state index in [-0.39, 0.29) is 11.7 Å². The fourth-order valence-electron chi connectivity index (χ4n) is 1.81. The van der Waals surface area contributed by atoms with Crippen molar-refractivity contribution in [3.05, 3.63) is 11.6 Å². The SMILES string of the molecule is CNc1nc(Cl)nc2c1ncn2CCCCC(=O)O. The molecule has 0 aliphatic carbocycles. The first kappa shape index (κ1) is 13.5. The minimum absolute atomic E-state index is 0.157. The summed E-state index contributed by atoms with van der Waals surface area (Å²) in [5.74, 6) is -0.197. The quantitative estimate of drug-likeness (QED) is 0.620. The molecule has 2 rings (SSSR count). The van der Waals surface area contributed by atoms with Crippen LogP contribution in [-0.4, -0.2) is 37.6 Å². The Hall–Kier alpha value is -1.89. The van der Waals surface area contributed by atoms with Crippen LogP contribution in [0.15, 0.2) is 6.33 Å². The Morgan fingerprint density at radius 1 is 1.47 bits per heavy atom. The van der Waals surface area contributed by atoms with Crippen LogP contribution in [0.4, 0.5) is 5.82 Å². The highest BCUT2D eigenvalue weighted by Crippen LogP contribution is 2.20. The predicted molar refractivity (Wildman–Crippen MR) is 71.4 cm³/mol. The Bertz CT molecular complexity index is 598. The van der Waals surface area contributed by atoms with Crippen molar-refractivity contribution in [2.75, 3.05) is 12.4 Å². The van der Waals surface area contributed by atoms with Crippen molar-refractivity contribution in [1.82, 2.24) is 19.5 Å². The molecule has 0 atom stereocenters. The third-order valence-electron chi connectivity index (χ3n) is 2.71. The van der Waals surface area contributed by atoms with Crippen LogP contribution in [0.25, 0.3) is 11.2 Å². The molecule has 0 fully saturated rings. The largest absolute Gasteiger partial charge is 0.481 e. The number of nitrogens with zero attached hydrogens (tertiary/aromatic N) is 4. The Kier molecular flexibility index (Phi) is 4.16. The van der Waals surface area contributed by atoms with Gasteiger partial charge in [-0.05, 0) is 24.4 Å². The van der Waals surface area contributed by atoms with Gasteiger partial charge in [0.2, 0.25) is 5.28 Å². The Labute approximate surface area is 114 Å². The normalized spacial score (nSPS) is 10.8. The molecule has 102 valence electrons. The number of rotatable bonds is 6. The number of imidazole rings is 1. The van der Waals surface area contributed by atoms with E-state index in [0.717, 1.165) is 6.42 Å². The second kappa shape index (κ2) is 5.83. The van der Waals surface area contributed by atoms with Crippen molar-refractivity contribution >= 4 is 34.6 Å². The van der Waals surface area contributed by atoms with Gasteiger partial charge >= 0.3 is 5.97 Å². The summed E-state index contributed by atoms with van der Waals surface area (Å²) in [5, 5.41) is 11.7. The van der Waals surface area contributed by atoms with Gasteiger partial charge in [0, 0.05) is 20.0 Å². The molecule has 0 bridgehead atoms. The number of anilines is 1. The molecule has 19 heavy (non-hydrogen) atoms. The lowest BCUT2D eigenvalue weighted by atomic mass is 10.2. The number of halogens is 1. The average Bonchev–Trinajstić information content (AvgIpc) is 2.76. The molecule has 7 nitrogen and oxygen atoms in total. The standard InChI is InChI=1S/C11H14ClN5O2/c1-13-9-8-10(16-11(12)15-9)17(6-14-8)5-3-2-4-7(18)19/h6H,2-5H2,1H3,(H,18,19)(H,13,15,16). The maximum atomic E-state index is 10.4. The molecular formula is C11H14ClN5O2. The Morgan fingerprint density at radius 3 is 2.95 bits per heavy atom. The first-order valence-electron chi connectivity index (χ1n) is 5.89. The van der Waals surface area contributed by atoms with Crippen molar-refractivity contribution in [2.24, 2.45) is 0 Å². The molecule has 0 radical (unpaired) electrons. The van der Waals surface area contributed by atoms with E-state index < -0.39 is 5.97 Å². The number of carboxylic acid groups (broad SMARTS) is 1. The highest BCUT2D eigenvalue weighted by molar-refractivity contribution is 6.28. The van der Waals surface area contributed by atoms with Crippen molar-refractivity contribution < 1.29 is 9.90 Å². The molecule has 0 saturated carbocycles. The Morgan fingerprint density at radius 2 is 2.26 bits per heavy atom. The van der Waals surface area contributed by atoms with Crippen molar-refractivity contribution in [3.63, 3.8) is 0 Å².